The highest BCUT2D eigenvalue weighted by atomic mass is 32.1. The summed E-state index contributed by atoms with van der Waals surface area (Å²) in [6, 6.07) is 22.6. The predicted molar refractivity (Wildman–Crippen MR) is 140 cm³/mol. The number of nitrogens with zero attached hydrogens (tertiary/aromatic N) is 1. The van der Waals surface area contributed by atoms with E-state index in [0.717, 1.165) is 53.1 Å². The Morgan fingerprint density at radius 2 is 1.83 bits per heavy atom. The van der Waals surface area contributed by atoms with Gasteiger partial charge in [-0.25, -0.2) is 4.79 Å². The number of ether oxygens (including phenoxy) is 3. The maximum Gasteiger partial charge on any atom is 0.338 e. The first-order valence-electron chi connectivity index (χ1n) is 11.7. The summed E-state index contributed by atoms with van der Waals surface area (Å²) in [7, 11) is 1.41. The Bertz CT molecular complexity index is 1400. The van der Waals surface area contributed by atoms with Crippen molar-refractivity contribution in [2.45, 2.75) is 5.60 Å². The lowest BCUT2D eigenvalue weighted by atomic mass is 9.86. The van der Waals surface area contributed by atoms with E-state index < -0.39 is 5.60 Å². The molecule has 4 aromatic rings. The molecule has 0 aliphatic carbocycles. The van der Waals surface area contributed by atoms with Crippen LogP contribution in [-0.2, 0) is 15.1 Å². The Labute approximate surface area is 208 Å². The number of fused-ring (bicyclic) bond motifs is 3. The molecule has 1 unspecified atom stereocenters. The molecular weight excluding hydrogens is 458 g/mol. The molecule has 0 amide bonds. The fourth-order valence-electron chi connectivity index (χ4n) is 4.94. The molecule has 0 N–H and O–H groups in total. The van der Waals surface area contributed by atoms with Crippen molar-refractivity contribution >= 4 is 39.8 Å². The molecule has 3 aromatic carbocycles. The van der Waals surface area contributed by atoms with E-state index in [1.165, 1.54) is 12.8 Å². The van der Waals surface area contributed by atoms with Gasteiger partial charge in [-0.1, -0.05) is 42.5 Å². The van der Waals surface area contributed by atoms with Gasteiger partial charge in [-0.05, 0) is 47.2 Å². The first-order chi connectivity index (χ1) is 17.2. The molecule has 0 spiro atoms. The van der Waals surface area contributed by atoms with Crippen molar-refractivity contribution in [1.82, 2.24) is 0 Å². The van der Waals surface area contributed by atoms with Gasteiger partial charge in [0.05, 0.1) is 30.8 Å². The molecule has 1 saturated heterocycles. The van der Waals surface area contributed by atoms with Crippen LogP contribution in [0.1, 0.15) is 26.4 Å². The summed E-state index contributed by atoms with van der Waals surface area (Å²) in [5.41, 5.74) is 2.65. The van der Waals surface area contributed by atoms with Crippen LogP contribution in [0.25, 0.3) is 16.8 Å². The lowest BCUT2D eigenvalue weighted by Gasteiger charge is -2.36. The van der Waals surface area contributed by atoms with Crippen LogP contribution in [0.5, 0.6) is 5.75 Å². The molecule has 2 aliphatic heterocycles. The number of hydrogen-bond acceptors (Lipinski definition) is 6. The second-order valence-electron chi connectivity index (χ2n) is 8.67. The molecular formula is C29H25NO4S. The zero-order valence-corrected chi connectivity index (χ0v) is 20.2. The number of methoxy groups -OCH3 is 1. The van der Waals surface area contributed by atoms with E-state index in [1.807, 2.05) is 42.5 Å². The van der Waals surface area contributed by atoms with Crippen LogP contribution in [0.4, 0.5) is 5.69 Å². The minimum atomic E-state index is -0.803. The van der Waals surface area contributed by atoms with Gasteiger partial charge in [-0.15, -0.1) is 11.3 Å². The quantitative estimate of drug-likeness (QED) is 0.340. The molecule has 3 heterocycles. The molecule has 6 rings (SSSR count). The topological polar surface area (TPSA) is 48.0 Å². The highest BCUT2D eigenvalue weighted by Gasteiger charge is 2.39. The molecule has 176 valence electrons. The van der Waals surface area contributed by atoms with Crippen molar-refractivity contribution in [1.29, 1.82) is 0 Å². The molecule has 0 radical (unpaired) electrons. The van der Waals surface area contributed by atoms with Crippen LogP contribution in [0.2, 0.25) is 0 Å². The monoisotopic (exact) mass is 483 g/mol. The molecule has 6 heteroatoms. The summed E-state index contributed by atoms with van der Waals surface area (Å²) in [6.45, 7) is 3.28. The van der Waals surface area contributed by atoms with E-state index in [2.05, 4.69) is 46.7 Å². The van der Waals surface area contributed by atoms with Crippen LogP contribution < -0.4 is 9.64 Å². The van der Waals surface area contributed by atoms with Gasteiger partial charge in [0.25, 0.3) is 0 Å². The number of hydrogen-bond donors (Lipinski definition) is 0. The van der Waals surface area contributed by atoms with Gasteiger partial charge in [0.15, 0.2) is 5.60 Å². The molecule has 1 atom stereocenters. The normalized spacial score (nSPS) is 19.3. The fraction of sp³-hybridized carbons (Fsp3) is 0.207. The molecule has 1 aromatic heterocycles. The highest BCUT2D eigenvalue weighted by molar-refractivity contribution is 7.10. The van der Waals surface area contributed by atoms with Gasteiger partial charge in [0.2, 0.25) is 0 Å². The number of carbonyl (C=O) groups excluding carboxylic acids is 1. The zero-order chi connectivity index (χ0) is 23.8. The van der Waals surface area contributed by atoms with Crippen molar-refractivity contribution in [3.63, 3.8) is 0 Å². The molecule has 2 aliphatic rings. The third-order valence-electron chi connectivity index (χ3n) is 6.75. The van der Waals surface area contributed by atoms with Crippen molar-refractivity contribution in [3.8, 4) is 5.75 Å². The molecule has 5 nitrogen and oxygen atoms in total. The maximum atomic E-state index is 12.7. The molecule has 0 bridgehead atoms. The Kier molecular flexibility index (Phi) is 5.55. The zero-order valence-electron chi connectivity index (χ0n) is 19.4. The van der Waals surface area contributed by atoms with Crippen molar-refractivity contribution in [3.05, 3.63) is 99.8 Å². The number of esters is 1. The van der Waals surface area contributed by atoms with Crippen LogP contribution in [0.3, 0.4) is 0 Å². The first kappa shape index (κ1) is 21.9. The van der Waals surface area contributed by atoms with Crippen LogP contribution in [0.15, 0.2) is 78.2 Å². The van der Waals surface area contributed by atoms with Crippen molar-refractivity contribution in [2.24, 2.45) is 0 Å². The average Bonchev–Trinajstić information content (AvgIpc) is 3.48. The van der Waals surface area contributed by atoms with E-state index in [4.69, 9.17) is 14.2 Å². The lowest BCUT2D eigenvalue weighted by Crippen LogP contribution is -2.36. The Balaban J connectivity index is 1.50. The van der Waals surface area contributed by atoms with Gasteiger partial charge >= 0.3 is 5.97 Å². The number of anilines is 1. The van der Waals surface area contributed by atoms with Gasteiger partial charge in [0, 0.05) is 35.3 Å². The summed E-state index contributed by atoms with van der Waals surface area (Å²) in [5.74, 6) is 0.315. The Morgan fingerprint density at radius 3 is 2.57 bits per heavy atom. The maximum absolute atomic E-state index is 12.7. The van der Waals surface area contributed by atoms with Gasteiger partial charge in [-0.3, -0.25) is 0 Å². The van der Waals surface area contributed by atoms with Gasteiger partial charge in [-0.2, -0.15) is 0 Å². The smallest absolute Gasteiger partial charge is 0.338 e. The first-order valence-corrected chi connectivity index (χ1v) is 12.6. The average molecular weight is 484 g/mol. The van der Waals surface area contributed by atoms with E-state index in [1.54, 1.807) is 11.3 Å². The SMILES string of the molecule is COC(=O)c1cc2ccccc2c2c1C=CC(c1ccc(N3CCOCC3)cc1)(c1cccs1)O2. The third kappa shape index (κ3) is 3.70. The number of rotatable bonds is 4. The van der Waals surface area contributed by atoms with Crippen molar-refractivity contribution < 1.29 is 19.0 Å². The number of benzene rings is 3. The predicted octanol–water partition coefficient (Wildman–Crippen LogP) is 5.87. The van der Waals surface area contributed by atoms with Crippen LogP contribution >= 0.6 is 11.3 Å². The number of thiophene rings is 1. The summed E-state index contributed by atoms with van der Waals surface area (Å²) in [6.07, 6.45) is 4.07. The third-order valence-corrected chi connectivity index (χ3v) is 7.74. The summed E-state index contributed by atoms with van der Waals surface area (Å²) >= 11 is 1.66. The van der Waals surface area contributed by atoms with E-state index in [-0.39, 0.29) is 5.97 Å². The lowest BCUT2D eigenvalue weighted by molar-refractivity contribution is 0.0599. The molecule has 0 saturated carbocycles. The summed E-state index contributed by atoms with van der Waals surface area (Å²) in [5, 5.41) is 3.96. The van der Waals surface area contributed by atoms with Gasteiger partial charge < -0.3 is 19.1 Å². The highest BCUT2D eigenvalue weighted by Crippen LogP contribution is 2.47. The minimum Gasteiger partial charge on any atom is -0.471 e. The Hall–Kier alpha value is -3.61. The van der Waals surface area contributed by atoms with Crippen molar-refractivity contribution in [2.75, 3.05) is 38.3 Å². The molecule has 1 fully saturated rings. The number of carbonyl (C=O) groups is 1. The standard InChI is InChI=1S/C29H25NO4S/c1-32-28(31)25-19-20-5-2-3-6-23(20)27-24(25)12-13-29(34-27,26-7-4-18-35-26)21-8-10-22(11-9-21)30-14-16-33-17-15-30/h2-13,18-19H,14-17H2,1H3. The largest absolute Gasteiger partial charge is 0.471 e. The number of morpholine rings is 1. The fourth-order valence-corrected chi connectivity index (χ4v) is 5.80. The van der Waals surface area contributed by atoms with E-state index in [9.17, 15) is 4.79 Å². The van der Waals surface area contributed by atoms with E-state index in [0.29, 0.717) is 11.3 Å². The van der Waals surface area contributed by atoms with Gasteiger partial charge in [0.1, 0.15) is 5.75 Å². The van der Waals surface area contributed by atoms with Crippen LogP contribution in [-0.4, -0.2) is 39.4 Å². The van der Waals surface area contributed by atoms with Crippen LogP contribution in [0, 0.1) is 0 Å². The summed E-state index contributed by atoms with van der Waals surface area (Å²) in [4.78, 5) is 16.1. The molecule has 35 heavy (non-hydrogen) atoms. The Morgan fingerprint density at radius 1 is 1.03 bits per heavy atom. The summed E-state index contributed by atoms with van der Waals surface area (Å²) < 4.78 is 17.6. The second kappa shape index (κ2) is 8.87. The minimum absolute atomic E-state index is 0.376. The van der Waals surface area contributed by atoms with E-state index >= 15 is 0 Å². The second-order valence-corrected chi connectivity index (χ2v) is 9.62.